The van der Waals surface area contributed by atoms with E-state index in [-0.39, 0.29) is 24.8 Å². The number of benzene rings is 3. The van der Waals surface area contributed by atoms with Crippen LogP contribution in [0.25, 0.3) is 0 Å². The van der Waals surface area contributed by atoms with E-state index < -0.39 is 5.97 Å². The van der Waals surface area contributed by atoms with Crippen LogP contribution in [0.3, 0.4) is 0 Å². The van der Waals surface area contributed by atoms with Gasteiger partial charge in [-0.05, 0) is 78.2 Å². The van der Waals surface area contributed by atoms with Gasteiger partial charge in [-0.1, -0.05) is 37.4 Å². The van der Waals surface area contributed by atoms with Crippen LogP contribution in [-0.4, -0.2) is 24.3 Å². The summed E-state index contributed by atoms with van der Waals surface area (Å²) in [4.78, 5) is 35.5. The highest BCUT2D eigenvalue weighted by molar-refractivity contribution is 5.93. The number of ether oxygens (including phenoxy) is 3. The molecule has 0 radical (unpaired) electrons. The Morgan fingerprint density at radius 3 is 1.71 bits per heavy atom. The van der Waals surface area contributed by atoms with Crippen LogP contribution in [0, 0.1) is 6.92 Å². The Labute approximate surface area is 204 Å². The van der Waals surface area contributed by atoms with Crippen molar-refractivity contribution in [3.8, 4) is 17.2 Å². The maximum absolute atomic E-state index is 12.6. The van der Waals surface area contributed by atoms with Crippen molar-refractivity contribution in [2.45, 2.75) is 19.8 Å². The summed E-state index contributed by atoms with van der Waals surface area (Å²) in [5.74, 6) is 0.931. The molecule has 0 spiro atoms. The van der Waals surface area contributed by atoms with Gasteiger partial charge in [0.25, 0.3) is 0 Å². The van der Waals surface area contributed by atoms with E-state index in [1.54, 1.807) is 61.5 Å². The third-order valence-corrected chi connectivity index (χ3v) is 5.14. The predicted molar refractivity (Wildman–Crippen MR) is 133 cm³/mol. The average Bonchev–Trinajstić information content (AvgIpc) is 2.86. The Morgan fingerprint density at radius 2 is 1.20 bits per heavy atom. The van der Waals surface area contributed by atoms with Crippen molar-refractivity contribution in [2.75, 3.05) is 6.79 Å². The van der Waals surface area contributed by atoms with E-state index in [1.807, 2.05) is 12.1 Å². The van der Waals surface area contributed by atoms with Gasteiger partial charge in [-0.25, -0.2) is 4.79 Å². The third-order valence-electron chi connectivity index (χ3n) is 5.14. The van der Waals surface area contributed by atoms with E-state index in [2.05, 4.69) is 13.2 Å². The number of carbonyl (C=O) groups is 3. The molecule has 3 rings (SSSR count). The lowest BCUT2D eigenvalue weighted by molar-refractivity contribution is -0.114. The summed E-state index contributed by atoms with van der Waals surface area (Å²) in [5.41, 5.74) is 2.79. The zero-order valence-electron chi connectivity index (χ0n) is 19.5. The quantitative estimate of drug-likeness (QED) is 0.156. The van der Waals surface area contributed by atoms with Gasteiger partial charge in [-0.2, -0.15) is 0 Å². The van der Waals surface area contributed by atoms with Crippen molar-refractivity contribution < 1.29 is 28.6 Å². The molecule has 0 N–H and O–H groups in total. The molecule has 0 bridgehead atoms. The van der Waals surface area contributed by atoms with Crippen molar-refractivity contribution in [1.82, 2.24) is 0 Å². The first kappa shape index (κ1) is 25.2. The molecule has 0 fully saturated rings. The summed E-state index contributed by atoms with van der Waals surface area (Å²) >= 11 is 0. The highest BCUT2D eigenvalue weighted by atomic mass is 16.7. The first-order valence-electron chi connectivity index (χ1n) is 10.9. The molecule has 0 aliphatic carbocycles. The largest absolute Gasteiger partial charge is 0.458 e. The first-order chi connectivity index (χ1) is 16.9. The Kier molecular flexibility index (Phi) is 8.73. The molecule has 3 aromatic carbocycles. The van der Waals surface area contributed by atoms with Crippen LogP contribution >= 0.6 is 0 Å². The fraction of sp³-hybridized carbons (Fsp3) is 0.138. The van der Waals surface area contributed by atoms with Crippen molar-refractivity contribution in [3.63, 3.8) is 0 Å². The van der Waals surface area contributed by atoms with Gasteiger partial charge in [-0.15, -0.1) is 0 Å². The Balaban J connectivity index is 1.52. The molecule has 178 valence electrons. The first-order valence-corrected chi connectivity index (χ1v) is 10.9. The fourth-order valence-corrected chi connectivity index (χ4v) is 3.21. The molecule has 0 amide bonds. The van der Waals surface area contributed by atoms with Gasteiger partial charge >= 0.3 is 5.97 Å². The Morgan fingerprint density at radius 1 is 0.714 bits per heavy atom. The second-order valence-electron chi connectivity index (χ2n) is 7.76. The second-order valence-corrected chi connectivity index (χ2v) is 7.76. The molecule has 0 aromatic heterocycles. The number of hydrogen-bond donors (Lipinski definition) is 0. The minimum absolute atomic E-state index is 0.0190. The Hall–Kier alpha value is -4.45. The van der Waals surface area contributed by atoms with Crippen LogP contribution in [0.15, 0.2) is 92.0 Å². The van der Waals surface area contributed by atoms with Crippen LogP contribution in [0.5, 0.6) is 17.2 Å². The van der Waals surface area contributed by atoms with E-state index >= 15 is 0 Å². The number of hydrogen-bond acceptors (Lipinski definition) is 6. The number of esters is 1. The van der Waals surface area contributed by atoms with Crippen LogP contribution in [0.4, 0.5) is 0 Å². The maximum Gasteiger partial charge on any atom is 0.343 e. The molecule has 0 saturated carbocycles. The lowest BCUT2D eigenvalue weighted by Gasteiger charge is -2.11. The van der Waals surface area contributed by atoms with E-state index in [4.69, 9.17) is 14.2 Å². The summed E-state index contributed by atoms with van der Waals surface area (Å²) in [6.45, 7) is 8.70. The number of allylic oxidation sites excluding steroid dienone is 2. The smallest absolute Gasteiger partial charge is 0.343 e. The van der Waals surface area contributed by atoms with Crippen molar-refractivity contribution >= 4 is 17.5 Å². The minimum Gasteiger partial charge on any atom is -0.458 e. The highest BCUT2D eigenvalue weighted by Crippen LogP contribution is 2.21. The average molecular weight is 471 g/mol. The SMILES string of the molecule is C=CC(=O)Cc1ccc(OCOc2ccc(C(=O)Oc3ccc(CC(=O)C=C)cc3)c(C)c2)cc1. The van der Waals surface area contributed by atoms with Gasteiger partial charge in [0, 0.05) is 12.8 Å². The van der Waals surface area contributed by atoms with E-state index in [0.29, 0.717) is 34.8 Å². The highest BCUT2D eigenvalue weighted by Gasteiger charge is 2.13. The molecule has 3 aromatic rings. The van der Waals surface area contributed by atoms with Gasteiger partial charge in [0.2, 0.25) is 6.79 Å². The lowest BCUT2D eigenvalue weighted by atomic mass is 10.1. The molecule has 0 atom stereocenters. The standard InChI is InChI=1S/C29H26O6/c1-4-23(30)17-21-6-10-25(11-7-21)33-19-34-27-14-15-28(20(3)16-27)29(32)35-26-12-8-22(9-13-26)18-24(31)5-2/h4-16H,1-2,17-19H2,3H3. The third kappa shape index (κ3) is 7.54. The van der Waals surface area contributed by atoms with Crippen LogP contribution in [-0.2, 0) is 22.4 Å². The molecule has 35 heavy (non-hydrogen) atoms. The number of ketones is 2. The molecular formula is C29H26O6. The summed E-state index contributed by atoms with van der Waals surface area (Å²) < 4.78 is 16.7. The fourth-order valence-electron chi connectivity index (χ4n) is 3.21. The van der Waals surface area contributed by atoms with Crippen LogP contribution in [0.2, 0.25) is 0 Å². The summed E-state index contributed by atoms with van der Waals surface area (Å²) in [7, 11) is 0. The molecule has 0 unspecified atom stereocenters. The predicted octanol–water partition coefficient (Wildman–Crippen LogP) is 5.22. The van der Waals surface area contributed by atoms with E-state index in [0.717, 1.165) is 11.1 Å². The Bertz CT molecular complexity index is 1220. The van der Waals surface area contributed by atoms with Crippen molar-refractivity contribution in [3.05, 3.63) is 114 Å². The van der Waals surface area contributed by atoms with Gasteiger partial charge in [-0.3, -0.25) is 9.59 Å². The maximum atomic E-state index is 12.6. The van der Waals surface area contributed by atoms with Crippen LogP contribution < -0.4 is 14.2 Å². The van der Waals surface area contributed by atoms with Crippen molar-refractivity contribution in [2.24, 2.45) is 0 Å². The van der Waals surface area contributed by atoms with Gasteiger partial charge in [0.05, 0.1) is 5.56 Å². The topological polar surface area (TPSA) is 78.9 Å². The molecule has 0 heterocycles. The molecule has 0 saturated heterocycles. The van der Waals surface area contributed by atoms with Gasteiger partial charge in [0.1, 0.15) is 17.2 Å². The monoisotopic (exact) mass is 470 g/mol. The minimum atomic E-state index is -0.491. The van der Waals surface area contributed by atoms with E-state index in [9.17, 15) is 14.4 Å². The van der Waals surface area contributed by atoms with Gasteiger partial charge in [0.15, 0.2) is 11.6 Å². The second kappa shape index (κ2) is 12.1. The van der Waals surface area contributed by atoms with Crippen LogP contribution in [0.1, 0.15) is 27.0 Å². The van der Waals surface area contributed by atoms with E-state index in [1.165, 1.54) is 12.2 Å². The number of carbonyl (C=O) groups excluding carboxylic acids is 3. The molecule has 6 heteroatoms. The number of aryl methyl sites for hydroxylation is 1. The zero-order valence-corrected chi connectivity index (χ0v) is 19.5. The summed E-state index contributed by atoms with van der Waals surface area (Å²) in [5, 5.41) is 0. The molecule has 0 aliphatic rings. The normalized spacial score (nSPS) is 10.2. The summed E-state index contributed by atoms with van der Waals surface area (Å²) in [6, 6.07) is 19.0. The molecular weight excluding hydrogens is 444 g/mol. The van der Waals surface area contributed by atoms with Gasteiger partial charge < -0.3 is 14.2 Å². The zero-order chi connectivity index (χ0) is 25.2. The van der Waals surface area contributed by atoms with Crippen molar-refractivity contribution in [1.29, 1.82) is 0 Å². The molecule has 0 aliphatic heterocycles. The lowest BCUT2D eigenvalue weighted by Crippen LogP contribution is -2.11. The molecule has 6 nitrogen and oxygen atoms in total. The number of rotatable bonds is 12. The summed E-state index contributed by atoms with van der Waals surface area (Å²) in [6.07, 6.45) is 3.14.